The van der Waals surface area contributed by atoms with Gasteiger partial charge in [0, 0.05) is 63.2 Å². The maximum atomic E-state index is 13.7. The maximum Gasteiger partial charge on any atom is 0.422 e. The number of amides is 1. The Labute approximate surface area is 294 Å². The highest BCUT2D eigenvalue weighted by Gasteiger charge is 2.44. The number of aromatic nitrogens is 4. The van der Waals surface area contributed by atoms with Crippen molar-refractivity contribution in [1.82, 2.24) is 34.6 Å². The second kappa shape index (κ2) is 14.8. The summed E-state index contributed by atoms with van der Waals surface area (Å²) in [4.78, 5) is 37.8. The van der Waals surface area contributed by atoms with Crippen molar-refractivity contribution in [3.05, 3.63) is 101 Å². The van der Waals surface area contributed by atoms with Crippen molar-refractivity contribution in [3.63, 3.8) is 0 Å². The molecule has 3 fully saturated rings. The SMILES string of the molecule is COc1cncc(C(=O)N2CCN3C(C(c4ccccc4)c4ccccc4)CN(Cc4c(OC)nc(C5CC5)nc4OCC(F)(F)F)C[C@H]3C2)n1. The lowest BCUT2D eigenvalue weighted by Crippen LogP contribution is -2.67. The molecule has 2 saturated heterocycles. The Bertz CT molecular complexity index is 1770. The van der Waals surface area contributed by atoms with Gasteiger partial charge in [-0.05, 0) is 24.0 Å². The molecule has 4 aromatic rings. The Hall–Kier alpha value is -4.82. The summed E-state index contributed by atoms with van der Waals surface area (Å²) in [5, 5.41) is 0. The van der Waals surface area contributed by atoms with Crippen LogP contribution in [-0.2, 0) is 6.54 Å². The molecular formula is C37H40F3N7O4. The predicted molar refractivity (Wildman–Crippen MR) is 181 cm³/mol. The van der Waals surface area contributed by atoms with Crippen LogP contribution in [0.1, 0.15) is 57.7 Å². The number of hydrogen-bond donors (Lipinski definition) is 0. The summed E-state index contributed by atoms with van der Waals surface area (Å²) in [6.45, 7) is 1.32. The van der Waals surface area contributed by atoms with E-state index in [4.69, 9.17) is 14.2 Å². The first-order valence-electron chi connectivity index (χ1n) is 17.1. The quantitative estimate of drug-likeness (QED) is 0.213. The van der Waals surface area contributed by atoms with E-state index in [2.05, 4.69) is 54.0 Å². The van der Waals surface area contributed by atoms with Crippen LogP contribution < -0.4 is 14.2 Å². The van der Waals surface area contributed by atoms with E-state index in [0.717, 1.165) is 24.0 Å². The molecule has 1 amide bonds. The largest absolute Gasteiger partial charge is 0.481 e. The molecule has 2 aromatic heterocycles. The molecule has 0 N–H and O–H groups in total. The first-order chi connectivity index (χ1) is 24.7. The number of benzene rings is 2. The number of halogens is 3. The predicted octanol–water partition coefficient (Wildman–Crippen LogP) is 4.95. The molecule has 0 bridgehead atoms. The molecule has 268 valence electrons. The Kier molecular flexibility index (Phi) is 10.0. The van der Waals surface area contributed by atoms with Crippen molar-refractivity contribution in [3.8, 4) is 17.6 Å². The lowest BCUT2D eigenvalue weighted by atomic mass is 9.81. The summed E-state index contributed by atoms with van der Waals surface area (Å²) < 4.78 is 56.6. The van der Waals surface area contributed by atoms with E-state index in [1.807, 2.05) is 36.4 Å². The van der Waals surface area contributed by atoms with Crippen LogP contribution >= 0.6 is 0 Å². The summed E-state index contributed by atoms with van der Waals surface area (Å²) in [5.41, 5.74) is 2.85. The minimum atomic E-state index is -4.55. The Morgan fingerprint density at radius 2 is 1.55 bits per heavy atom. The van der Waals surface area contributed by atoms with E-state index in [0.29, 0.717) is 44.1 Å². The van der Waals surface area contributed by atoms with Crippen LogP contribution in [0.5, 0.6) is 17.6 Å². The number of fused-ring (bicyclic) bond motifs is 1. The monoisotopic (exact) mass is 703 g/mol. The molecule has 3 aliphatic rings. The summed E-state index contributed by atoms with van der Waals surface area (Å²) in [7, 11) is 2.94. The van der Waals surface area contributed by atoms with Crippen LogP contribution in [0.15, 0.2) is 73.1 Å². The number of methoxy groups -OCH3 is 2. The van der Waals surface area contributed by atoms with Crippen molar-refractivity contribution in [2.75, 3.05) is 53.6 Å². The summed E-state index contributed by atoms with van der Waals surface area (Å²) in [6, 6.07) is 20.4. The molecule has 1 saturated carbocycles. The minimum absolute atomic E-state index is 0.0412. The third kappa shape index (κ3) is 7.91. The molecule has 1 aliphatic carbocycles. The third-order valence-electron chi connectivity index (χ3n) is 9.74. The van der Waals surface area contributed by atoms with Gasteiger partial charge in [-0.25, -0.2) is 4.98 Å². The number of carbonyl (C=O) groups excluding carboxylic acids is 1. The molecule has 1 unspecified atom stereocenters. The first-order valence-corrected chi connectivity index (χ1v) is 17.1. The van der Waals surface area contributed by atoms with E-state index in [-0.39, 0.29) is 59.7 Å². The Morgan fingerprint density at radius 3 is 2.18 bits per heavy atom. The Morgan fingerprint density at radius 1 is 0.863 bits per heavy atom. The number of alkyl halides is 3. The molecule has 7 rings (SSSR count). The minimum Gasteiger partial charge on any atom is -0.481 e. The van der Waals surface area contributed by atoms with E-state index >= 15 is 0 Å². The second-order valence-electron chi connectivity index (χ2n) is 13.2. The maximum absolute atomic E-state index is 13.7. The van der Waals surface area contributed by atoms with Crippen LogP contribution in [0.3, 0.4) is 0 Å². The van der Waals surface area contributed by atoms with E-state index in [9.17, 15) is 18.0 Å². The zero-order valence-electron chi connectivity index (χ0n) is 28.5. The average molecular weight is 704 g/mol. The van der Waals surface area contributed by atoms with Gasteiger partial charge in [-0.2, -0.15) is 23.1 Å². The Balaban J connectivity index is 1.25. The highest BCUT2D eigenvalue weighted by atomic mass is 19.4. The lowest BCUT2D eigenvalue weighted by molar-refractivity contribution is -0.154. The molecule has 14 heteroatoms. The van der Waals surface area contributed by atoms with Crippen molar-refractivity contribution < 1.29 is 32.2 Å². The van der Waals surface area contributed by atoms with Gasteiger partial charge in [0.2, 0.25) is 17.6 Å². The van der Waals surface area contributed by atoms with Crippen LogP contribution in [0, 0.1) is 0 Å². The molecule has 4 heterocycles. The number of hydrogen-bond acceptors (Lipinski definition) is 10. The molecule has 2 atom stereocenters. The zero-order chi connectivity index (χ0) is 35.5. The molecular weight excluding hydrogens is 663 g/mol. The van der Waals surface area contributed by atoms with Gasteiger partial charge in [-0.1, -0.05) is 60.7 Å². The van der Waals surface area contributed by atoms with Crippen molar-refractivity contribution in [2.45, 2.75) is 49.5 Å². The summed E-state index contributed by atoms with van der Waals surface area (Å²) >= 11 is 0. The summed E-state index contributed by atoms with van der Waals surface area (Å²) in [5.74, 6) is 0.579. The fraction of sp³-hybridized carbons (Fsp3) is 0.432. The van der Waals surface area contributed by atoms with Gasteiger partial charge >= 0.3 is 6.18 Å². The first kappa shape index (κ1) is 34.6. The van der Waals surface area contributed by atoms with Gasteiger partial charge in [0.05, 0.1) is 32.2 Å². The number of ether oxygens (including phenoxy) is 3. The van der Waals surface area contributed by atoms with Gasteiger partial charge in [0.25, 0.3) is 5.91 Å². The highest BCUT2D eigenvalue weighted by Crippen LogP contribution is 2.42. The van der Waals surface area contributed by atoms with Gasteiger partial charge in [-0.15, -0.1) is 0 Å². The molecule has 2 aromatic carbocycles. The van der Waals surface area contributed by atoms with Crippen molar-refractivity contribution in [2.24, 2.45) is 0 Å². The average Bonchev–Trinajstić information content (AvgIpc) is 4.00. The topological polar surface area (TPSA) is 106 Å². The van der Waals surface area contributed by atoms with E-state index in [1.165, 1.54) is 26.6 Å². The molecule has 11 nitrogen and oxygen atoms in total. The van der Waals surface area contributed by atoms with Gasteiger partial charge in [0.15, 0.2) is 12.3 Å². The van der Waals surface area contributed by atoms with Crippen LogP contribution in [0.2, 0.25) is 0 Å². The van der Waals surface area contributed by atoms with E-state index in [1.54, 1.807) is 4.90 Å². The van der Waals surface area contributed by atoms with Crippen LogP contribution in [0.4, 0.5) is 13.2 Å². The van der Waals surface area contributed by atoms with Gasteiger partial charge in [0.1, 0.15) is 5.82 Å². The number of carbonyl (C=O) groups is 1. The molecule has 51 heavy (non-hydrogen) atoms. The lowest BCUT2D eigenvalue weighted by Gasteiger charge is -2.53. The zero-order valence-corrected chi connectivity index (χ0v) is 28.5. The molecule has 0 spiro atoms. The smallest absolute Gasteiger partial charge is 0.422 e. The molecule has 2 aliphatic heterocycles. The van der Waals surface area contributed by atoms with Crippen molar-refractivity contribution >= 4 is 5.91 Å². The van der Waals surface area contributed by atoms with Crippen molar-refractivity contribution in [1.29, 1.82) is 0 Å². The summed E-state index contributed by atoms with van der Waals surface area (Å²) in [6.07, 6.45) is 0.0737. The highest BCUT2D eigenvalue weighted by molar-refractivity contribution is 5.92. The van der Waals surface area contributed by atoms with Gasteiger partial charge in [-0.3, -0.25) is 19.6 Å². The second-order valence-corrected chi connectivity index (χ2v) is 13.2. The number of rotatable bonds is 11. The van der Waals surface area contributed by atoms with Gasteiger partial charge < -0.3 is 19.1 Å². The third-order valence-corrected chi connectivity index (χ3v) is 9.74. The molecule has 0 radical (unpaired) electrons. The standard InChI is InChI=1S/C37H40F3N7O4/c1-49-31-18-41-17-29(42-31)36(48)46-15-16-47-27(20-46)19-45(22-30(47)32(24-9-5-3-6-10-24)25-11-7-4-8-12-25)21-28-34(50-2)43-33(26-13-14-26)44-35(28)51-23-37(38,39)40/h3-12,17-18,26-27,30,32H,13-16,19-23H2,1-2H3/t27-,30?/m0/s1. The van der Waals surface area contributed by atoms with Crippen LogP contribution in [-0.4, -0.2) is 112 Å². The number of nitrogens with zero attached hydrogens (tertiary/aromatic N) is 7. The normalized spacial score (nSPS) is 19.8. The fourth-order valence-corrected chi connectivity index (χ4v) is 7.27. The van der Waals surface area contributed by atoms with E-state index < -0.39 is 12.8 Å². The number of piperazine rings is 2. The fourth-order valence-electron chi connectivity index (χ4n) is 7.27. The van der Waals surface area contributed by atoms with Crippen LogP contribution in [0.25, 0.3) is 0 Å².